The van der Waals surface area contributed by atoms with Crippen molar-refractivity contribution in [3.05, 3.63) is 36.5 Å². The second-order valence-electron chi connectivity index (χ2n) is 4.60. The fourth-order valence-corrected chi connectivity index (χ4v) is 1.79. The van der Waals surface area contributed by atoms with Crippen molar-refractivity contribution in [2.24, 2.45) is 5.73 Å². The van der Waals surface area contributed by atoms with E-state index in [0.29, 0.717) is 13.1 Å². The quantitative estimate of drug-likeness (QED) is 0.901. The van der Waals surface area contributed by atoms with Gasteiger partial charge in [0.05, 0.1) is 18.1 Å². The number of rotatable bonds is 5. The molecule has 0 aliphatic rings. The molecule has 5 heteroatoms. The Morgan fingerprint density at radius 3 is 2.84 bits per heavy atom. The van der Waals surface area contributed by atoms with Crippen molar-refractivity contribution in [2.75, 3.05) is 6.54 Å². The van der Waals surface area contributed by atoms with Crippen LogP contribution in [0.4, 0.5) is 4.39 Å². The largest absolute Gasteiger partial charge is 0.488 e. The molecule has 0 bridgehead atoms. The lowest BCUT2D eigenvalue weighted by molar-refractivity contribution is 0.231. The summed E-state index contributed by atoms with van der Waals surface area (Å²) in [5.41, 5.74) is 6.93. The van der Waals surface area contributed by atoms with Crippen molar-refractivity contribution >= 4 is 0 Å². The lowest BCUT2D eigenvalue weighted by Gasteiger charge is -2.10. The molecule has 4 nitrogen and oxygen atoms in total. The fraction of sp³-hybridized carbons (Fsp3) is 0.357. The summed E-state index contributed by atoms with van der Waals surface area (Å²) in [5, 5.41) is 0. The number of aromatic nitrogens is 2. The van der Waals surface area contributed by atoms with Crippen LogP contribution in [0.25, 0.3) is 11.3 Å². The molecule has 0 fully saturated rings. The van der Waals surface area contributed by atoms with Crippen molar-refractivity contribution in [1.29, 1.82) is 0 Å². The van der Waals surface area contributed by atoms with Crippen LogP contribution < -0.4 is 10.5 Å². The zero-order valence-corrected chi connectivity index (χ0v) is 11.1. The van der Waals surface area contributed by atoms with E-state index in [4.69, 9.17) is 10.5 Å². The van der Waals surface area contributed by atoms with Gasteiger partial charge in [-0.3, -0.25) is 0 Å². The standard InChI is InChI=1S/C14H18FN3O/c1-10(2)19-14-4-3-11(7-12(14)15)13-8-18(6-5-16)9-17-13/h3-4,7-10H,5-6,16H2,1-2H3. The minimum absolute atomic E-state index is 0.0517. The Balaban J connectivity index is 2.22. The summed E-state index contributed by atoms with van der Waals surface area (Å²) >= 11 is 0. The lowest BCUT2D eigenvalue weighted by atomic mass is 10.1. The van der Waals surface area contributed by atoms with Crippen LogP contribution in [0.3, 0.4) is 0 Å². The van der Waals surface area contributed by atoms with Crippen molar-refractivity contribution in [3.63, 3.8) is 0 Å². The number of halogens is 1. The highest BCUT2D eigenvalue weighted by molar-refractivity contribution is 5.59. The fourth-order valence-electron chi connectivity index (χ4n) is 1.79. The Kier molecular flexibility index (Phi) is 4.16. The summed E-state index contributed by atoms with van der Waals surface area (Å²) < 4.78 is 21.1. The molecule has 0 atom stereocenters. The predicted octanol–water partition coefficient (Wildman–Crippen LogP) is 2.44. The molecule has 0 aliphatic heterocycles. The summed E-state index contributed by atoms with van der Waals surface area (Å²) in [6.45, 7) is 4.97. The van der Waals surface area contributed by atoms with Gasteiger partial charge >= 0.3 is 0 Å². The normalized spacial score (nSPS) is 11.0. The molecule has 1 aromatic carbocycles. The van der Waals surface area contributed by atoms with E-state index in [0.717, 1.165) is 11.3 Å². The maximum Gasteiger partial charge on any atom is 0.165 e. The molecule has 2 N–H and O–H groups in total. The number of benzene rings is 1. The van der Waals surface area contributed by atoms with E-state index in [-0.39, 0.29) is 17.7 Å². The summed E-state index contributed by atoms with van der Waals surface area (Å²) in [5.74, 6) is -0.111. The minimum Gasteiger partial charge on any atom is -0.488 e. The van der Waals surface area contributed by atoms with Gasteiger partial charge in [0.25, 0.3) is 0 Å². The summed E-state index contributed by atoms with van der Waals surface area (Å²) in [7, 11) is 0. The Bertz CT molecular complexity index is 551. The molecule has 1 aromatic heterocycles. The molecule has 0 aliphatic carbocycles. The maximum atomic E-state index is 13.9. The lowest BCUT2D eigenvalue weighted by Crippen LogP contribution is -2.07. The highest BCUT2D eigenvalue weighted by atomic mass is 19.1. The zero-order chi connectivity index (χ0) is 13.8. The highest BCUT2D eigenvalue weighted by Crippen LogP contribution is 2.25. The van der Waals surface area contributed by atoms with Crippen molar-refractivity contribution < 1.29 is 9.13 Å². The molecule has 102 valence electrons. The minimum atomic E-state index is -0.375. The molecular formula is C14H18FN3O. The van der Waals surface area contributed by atoms with Crippen LogP contribution in [0.1, 0.15) is 13.8 Å². The van der Waals surface area contributed by atoms with Gasteiger partial charge in [-0.2, -0.15) is 0 Å². The Morgan fingerprint density at radius 1 is 1.42 bits per heavy atom. The molecule has 2 aromatic rings. The van der Waals surface area contributed by atoms with Crippen LogP contribution in [-0.4, -0.2) is 22.2 Å². The summed E-state index contributed by atoms with van der Waals surface area (Å²) in [6.07, 6.45) is 3.49. The van der Waals surface area contributed by atoms with Gasteiger partial charge in [0.15, 0.2) is 11.6 Å². The first kappa shape index (κ1) is 13.5. The predicted molar refractivity (Wildman–Crippen MR) is 72.4 cm³/mol. The van der Waals surface area contributed by atoms with E-state index in [1.165, 1.54) is 6.07 Å². The first-order valence-electron chi connectivity index (χ1n) is 6.28. The number of ether oxygens (including phenoxy) is 1. The van der Waals surface area contributed by atoms with Crippen molar-refractivity contribution in [2.45, 2.75) is 26.5 Å². The number of nitrogens with two attached hydrogens (primary N) is 1. The van der Waals surface area contributed by atoms with Crippen LogP contribution >= 0.6 is 0 Å². The SMILES string of the molecule is CC(C)Oc1ccc(-c2cn(CCN)cn2)cc1F. The number of nitrogens with zero attached hydrogens (tertiary/aromatic N) is 2. The van der Waals surface area contributed by atoms with Crippen LogP contribution in [0, 0.1) is 5.82 Å². The van der Waals surface area contributed by atoms with Crippen molar-refractivity contribution in [3.8, 4) is 17.0 Å². The number of hydrogen-bond acceptors (Lipinski definition) is 3. The second kappa shape index (κ2) is 5.84. The van der Waals surface area contributed by atoms with E-state index in [9.17, 15) is 4.39 Å². The van der Waals surface area contributed by atoms with Gasteiger partial charge in [0.2, 0.25) is 0 Å². The average Bonchev–Trinajstić information content (AvgIpc) is 2.80. The van der Waals surface area contributed by atoms with E-state index in [1.807, 2.05) is 24.6 Å². The maximum absolute atomic E-state index is 13.9. The summed E-state index contributed by atoms with van der Waals surface area (Å²) in [6, 6.07) is 4.87. The van der Waals surface area contributed by atoms with E-state index in [2.05, 4.69) is 4.98 Å². The zero-order valence-electron chi connectivity index (χ0n) is 11.1. The molecule has 0 saturated heterocycles. The van der Waals surface area contributed by atoms with Gasteiger partial charge in [-0.25, -0.2) is 9.37 Å². The van der Waals surface area contributed by atoms with Crippen LogP contribution in [0.5, 0.6) is 5.75 Å². The Hall–Kier alpha value is -1.88. The van der Waals surface area contributed by atoms with Crippen LogP contribution in [0.2, 0.25) is 0 Å². The molecular weight excluding hydrogens is 245 g/mol. The van der Waals surface area contributed by atoms with Gasteiger partial charge in [-0.15, -0.1) is 0 Å². The van der Waals surface area contributed by atoms with Gasteiger partial charge in [-0.1, -0.05) is 0 Å². The molecule has 0 spiro atoms. The Morgan fingerprint density at radius 2 is 2.21 bits per heavy atom. The smallest absolute Gasteiger partial charge is 0.165 e. The molecule has 2 rings (SSSR count). The first-order valence-corrected chi connectivity index (χ1v) is 6.28. The third-order valence-corrected chi connectivity index (χ3v) is 2.61. The topological polar surface area (TPSA) is 53.1 Å². The molecule has 0 saturated carbocycles. The van der Waals surface area contributed by atoms with Crippen LogP contribution in [0.15, 0.2) is 30.7 Å². The average molecular weight is 263 g/mol. The second-order valence-corrected chi connectivity index (χ2v) is 4.60. The monoisotopic (exact) mass is 263 g/mol. The molecule has 0 unspecified atom stereocenters. The number of hydrogen-bond donors (Lipinski definition) is 1. The summed E-state index contributed by atoms with van der Waals surface area (Å²) in [4.78, 5) is 4.24. The first-order chi connectivity index (χ1) is 9.10. The van der Waals surface area contributed by atoms with Gasteiger partial charge in [0.1, 0.15) is 0 Å². The van der Waals surface area contributed by atoms with Gasteiger partial charge < -0.3 is 15.0 Å². The molecule has 0 radical (unpaired) electrons. The van der Waals surface area contributed by atoms with E-state index < -0.39 is 0 Å². The van der Waals surface area contributed by atoms with E-state index in [1.54, 1.807) is 18.5 Å². The van der Waals surface area contributed by atoms with Gasteiger partial charge in [-0.05, 0) is 32.0 Å². The van der Waals surface area contributed by atoms with Crippen molar-refractivity contribution in [1.82, 2.24) is 9.55 Å². The molecule has 1 heterocycles. The Labute approximate surface area is 112 Å². The molecule has 19 heavy (non-hydrogen) atoms. The molecule has 0 amide bonds. The van der Waals surface area contributed by atoms with Crippen LogP contribution in [-0.2, 0) is 6.54 Å². The van der Waals surface area contributed by atoms with Gasteiger partial charge in [0, 0.05) is 24.8 Å². The highest BCUT2D eigenvalue weighted by Gasteiger charge is 2.09. The van der Waals surface area contributed by atoms with E-state index >= 15 is 0 Å². The number of imidazole rings is 1. The third-order valence-electron chi connectivity index (χ3n) is 2.61. The third kappa shape index (κ3) is 3.32.